The van der Waals surface area contributed by atoms with E-state index in [0.29, 0.717) is 29.4 Å². The Bertz CT molecular complexity index is 3520. The van der Waals surface area contributed by atoms with Crippen LogP contribution in [-0.2, 0) is 0 Å². The van der Waals surface area contributed by atoms with Gasteiger partial charge in [0, 0.05) is 78.2 Å². The lowest BCUT2D eigenvalue weighted by atomic mass is 9.82. The SMILES string of the molecule is c1ccc2c3ccccc3n(-c3ccc(-c4nc(C5=CCC=CC=C5)nc(-c5ccccc5)n4)cc3-c3ccc4c(c3)[nH]c3cc(N5c6ccccc6C6CCCC[C@@H]65)ccc34)c2c#1. The molecule has 1 aliphatic heterocycles. The van der Waals surface area contributed by atoms with Gasteiger partial charge in [0.2, 0.25) is 0 Å². The molecule has 6 nitrogen and oxygen atoms in total. The van der Waals surface area contributed by atoms with E-state index in [1.54, 1.807) is 0 Å². The smallest absolute Gasteiger partial charge is 0.164 e. The van der Waals surface area contributed by atoms with Crippen molar-refractivity contribution >= 4 is 60.6 Å². The summed E-state index contributed by atoms with van der Waals surface area (Å²) in [6.45, 7) is 0. The van der Waals surface area contributed by atoms with Gasteiger partial charge in [0.25, 0.3) is 0 Å². The Morgan fingerprint density at radius 2 is 1.38 bits per heavy atom. The summed E-state index contributed by atoms with van der Waals surface area (Å²) in [4.78, 5) is 21.9. The van der Waals surface area contributed by atoms with Crippen LogP contribution in [0.25, 0.3) is 88.8 Å². The first-order chi connectivity index (χ1) is 31.7. The maximum atomic E-state index is 5.18. The van der Waals surface area contributed by atoms with Gasteiger partial charge in [-0.15, -0.1) is 0 Å². The fraction of sp³-hybridized carbons (Fsp3) is 0.121. The number of para-hydroxylation sites is 2. The second-order valence-corrected chi connectivity index (χ2v) is 17.3. The monoisotopic (exact) mass is 822 g/mol. The van der Waals surface area contributed by atoms with Crippen LogP contribution in [0, 0.1) is 12.1 Å². The largest absolute Gasteiger partial charge is 0.354 e. The van der Waals surface area contributed by atoms with E-state index in [1.165, 1.54) is 58.8 Å². The fourth-order valence-corrected chi connectivity index (χ4v) is 10.8. The van der Waals surface area contributed by atoms with Crippen molar-refractivity contribution in [1.82, 2.24) is 24.5 Å². The number of nitrogens with zero attached hydrogens (tertiary/aromatic N) is 5. The van der Waals surface area contributed by atoms with Crippen LogP contribution in [0.15, 0.2) is 176 Å². The van der Waals surface area contributed by atoms with Gasteiger partial charge in [-0.3, -0.25) is 0 Å². The van der Waals surface area contributed by atoms with Gasteiger partial charge >= 0.3 is 0 Å². The molecule has 1 fully saturated rings. The number of aromatic amines is 1. The molecule has 64 heavy (non-hydrogen) atoms. The first-order valence-corrected chi connectivity index (χ1v) is 22.5. The Hall–Kier alpha value is -8.01. The van der Waals surface area contributed by atoms with Crippen molar-refractivity contribution in [2.75, 3.05) is 4.90 Å². The van der Waals surface area contributed by atoms with Gasteiger partial charge in [-0.25, -0.2) is 15.0 Å². The maximum Gasteiger partial charge on any atom is 0.164 e. The van der Waals surface area contributed by atoms with Crippen LogP contribution in [0.1, 0.15) is 49.4 Å². The van der Waals surface area contributed by atoms with E-state index in [1.807, 2.05) is 24.3 Å². The van der Waals surface area contributed by atoms with Crippen LogP contribution >= 0.6 is 0 Å². The number of H-pyrrole nitrogens is 1. The molecule has 3 aliphatic rings. The molecule has 0 radical (unpaired) electrons. The summed E-state index contributed by atoms with van der Waals surface area (Å²) in [7, 11) is 0. The lowest BCUT2D eigenvalue weighted by Gasteiger charge is -2.33. The van der Waals surface area contributed by atoms with E-state index >= 15 is 0 Å². The van der Waals surface area contributed by atoms with Crippen molar-refractivity contribution in [3.8, 4) is 39.6 Å². The van der Waals surface area contributed by atoms with Crippen molar-refractivity contribution < 1.29 is 0 Å². The summed E-state index contributed by atoms with van der Waals surface area (Å²) in [5.41, 5.74) is 14.4. The van der Waals surface area contributed by atoms with Gasteiger partial charge < -0.3 is 14.5 Å². The Labute approximate surface area is 371 Å². The van der Waals surface area contributed by atoms with Gasteiger partial charge in [-0.2, -0.15) is 0 Å². The van der Waals surface area contributed by atoms with Gasteiger partial charge in [-0.1, -0.05) is 134 Å². The highest BCUT2D eigenvalue weighted by atomic mass is 15.2. The normalized spacial score (nSPS) is 16.9. The first-order valence-electron chi connectivity index (χ1n) is 22.5. The molecule has 304 valence electrons. The summed E-state index contributed by atoms with van der Waals surface area (Å²) in [5.74, 6) is 2.50. The molecule has 3 aromatic heterocycles. The second kappa shape index (κ2) is 14.8. The minimum Gasteiger partial charge on any atom is -0.354 e. The van der Waals surface area contributed by atoms with Gasteiger partial charge in [0.1, 0.15) is 5.52 Å². The Morgan fingerprint density at radius 1 is 0.594 bits per heavy atom. The standard InChI is InChI=1S/C58H42N6/c1-2-5-17-37(16-4-1)56-60-57(38-18-6-3-7-19-38)62-58(61-56)40-29-33-55(64-53-26-14-10-22-46(53)47-23-11-15-27-54(47)64)48(34-40)39-28-31-42-43-32-30-41(36-50(43)59-49(42)35-39)63-51-24-12-8-20-44(51)45-21-9-13-25-52(45)63/h1-4,6-8,10-12,14,16-20,22-24,26,28-36,45,52,59H,5,9,13,21,25H2/t45?,52-/m0/s1. The number of aromatic nitrogens is 5. The lowest BCUT2D eigenvalue weighted by molar-refractivity contribution is 0.402. The van der Waals surface area contributed by atoms with Crippen LogP contribution in [0.5, 0.6) is 0 Å². The van der Waals surface area contributed by atoms with Crippen molar-refractivity contribution in [2.24, 2.45) is 0 Å². The highest BCUT2D eigenvalue weighted by Crippen LogP contribution is 2.51. The summed E-state index contributed by atoms with van der Waals surface area (Å²) in [5, 5.41) is 4.74. The quantitative estimate of drug-likeness (QED) is 0.181. The summed E-state index contributed by atoms with van der Waals surface area (Å²) < 4.78 is 2.33. The minimum absolute atomic E-state index is 0.502. The molecule has 4 heterocycles. The number of nitrogens with one attached hydrogen (secondary N) is 1. The van der Waals surface area contributed by atoms with Crippen LogP contribution in [-0.4, -0.2) is 30.5 Å². The predicted molar refractivity (Wildman–Crippen MR) is 262 cm³/mol. The summed E-state index contributed by atoms with van der Waals surface area (Å²) in [6.07, 6.45) is 16.4. The predicted octanol–water partition coefficient (Wildman–Crippen LogP) is 14.3. The van der Waals surface area contributed by atoms with Crippen molar-refractivity contribution in [2.45, 2.75) is 44.1 Å². The number of hydrogen-bond donors (Lipinski definition) is 1. The van der Waals surface area contributed by atoms with Crippen LogP contribution < -0.4 is 4.90 Å². The molecule has 0 amide bonds. The topological polar surface area (TPSA) is 62.6 Å². The highest BCUT2D eigenvalue weighted by Gasteiger charge is 2.40. The average molecular weight is 823 g/mol. The molecule has 1 N–H and O–H groups in total. The summed E-state index contributed by atoms with van der Waals surface area (Å²) in [6, 6.07) is 59.7. The number of benzene rings is 6. The molecule has 1 unspecified atom stereocenters. The third kappa shape index (κ3) is 5.92. The van der Waals surface area contributed by atoms with Crippen LogP contribution in [0.3, 0.4) is 0 Å². The number of fused-ring (bicyclic) bond motifs is 9. The van der Waals surface area contributed by atoms with E-state index in [2.05, 4.69) is 178 Å². The van der Waals surface area contributed by atoms with Crippen LogP contribution in [0.4, 0.5) is 11.4 Å². The molecule has 1 saturated carbocycles. The minimum atomic E-state index is 0.502. The molecular formula is C58H42N6. The molecule has 10 aromatic rings. The van der Waals surface area contributed by atoms with E-state index in [0.717, 1.165) is 67.4 Å². The third-order valence-corrected chi connectivity index (χ3v) is 13.7. The van der Waals surface area contributed by atoms with Gasteiger partial charge in [-0.05, 0) is 97.1 Å². The molecule has 6 heteroatoms. The van der Waals surface area contributed by atoms with Crippen molar-refractivity contribution in [3.05, 3.63) is 199 Å². The molecule has 0 spiro atoms. The van der Waals surface area contributed by atoms with E-state index in [-0.39, 0.29) is 0 Å². The van der Waals surface area contributed by atoms with E-state index in [9.17, 15) is 0 Å². The van der Waals surface area contributed by atoms with Crippen LogP contribution in [0.2, 0.25) is 0 Å². The molecule has 2 atom stereocenters. The van der Waals surface area contributed by atoms with Gasteiger partial charge in [0.15, 0.2) is 17.5 Å². The second-order valence-electron chi connectivity index (χ2n) is 17.3. The number of anilines is 2. The molecule has 7 aromatic carbocycles. The average Bonchev–Trinajstić information content (AvgIpc) is 3.91. The Morgan fingerprint density at radius 3 is 2.31 bits per heavy atom. The number of hydrogen-bond acceptors (Lipinski definition) is 4. The number of rotatable bonds is 6. The molecule has 0 saturated heterocycles. The van der Waals surface area contributed by atoms with Crippen molar-refractivity contribution in [1.29, 1.82) is 0 Å². The highest BCUT2D eigenvalue weighted by molar-refractivity contribution is 6.11. The van der Waals surface area contributed by atoms with E-state index < -0.39 is 0 Å². The number of allylic oxidation sites excluding steroid dienone is 6. The molecular weight excluding hydrogens is 781 g/mol. The first kappa shape index (κ1) is 36.6. The molecule has 2 aliphatic carbocycles. The Balaban J connectivity index is 0.994. The summed E-state index contributed by atoms with van der Waals surface area (Å²) >= 11 is 0. The lowest BCUT2D eigenvalue weighted by Crippen LogP contribution is -2.32. The van der Waals surface area contributed by atoms with E-state index in [4.69, 9.17) is 15.0 Å². The maximum absolute atomic E-state index is 5.18. The van der Waals surface area contributed by atoms with Crippen molar-refractivity contribution in [3.63, 3.8) is 0 Å². The zero-order chi connectivity index (χ0) is 42.1. The molecule has 13 rings (SSSR count). The molecule has 0 bridgehead atoms. The third-order valence-electron chi connectivity index (χ3n) is 13.7. The zero-order valence-electron chi connectivity index (χ0n) is 35.2. The fourth-order valence-electron chi connectivity index (χ4n) is 10.8. The van der Waals surface area contributed by atoms with Gasteiger partial charge in [0.05, 0.1) is 11.2 Å². The Kier molecular flexibility index (Phi) is 8.48. The zero-order valence-corrected chi connectivity index (χ0v) is 35.2.